The van der Waals surface area contributed by atoms with Crippen molar-refractivity contribution in [3.05, 3.63) is 0 Å². The van der Waals surface area contributed by atoms with Crippen LogP contribution in [0.2, 0.25) is 0 Å². The van der Waals surface area contributed by atoms with E-state index in [0.29, 0.717) is 0 Å². The molecule has 2 heterocycles. The SMILES string of the molecule is CC1CC(NC2CCCN(C)C2)CCN1C. The van der Waals surface area contributed by atoms with Gasteiger partial charge in [0, 0.05) is 24.7 Å². The van der Waals surface area contributed by atoms with E-state index in [1.54, 1.807) is 0 Å². The fraction of sp³-hybridized carbons (Fsp3) is 1.00. The highest BCUT2D eigenvalue weighted by Gasteiger charge is 2.26. The number of nitrogens with zero attached hydrogens (tertiary/aromatic N) is 2. The van der Waals surface area contributed by atoms with Crippen molar-refractivity contribution in [2.24, 2.45) is 0 Å². The summed E-state index contributed by atoms with van der Waals surface area (Å²) >= 11 is 0. The summed E-state index contributed by atoms with van der Waals surface area (Å²) in [6.07, 6.45) is 5.36. The Bertz CT molecular complexity index is 219. The lowest BCUT2D eigenvalue weighted by molar-refractivity contribution is 0.145. The molecule has 0 aromatic rings. The van der Waals surface area contributed by atoms with Gasteiger partial charge in [0.25, 0.3) is 0 Å². The number of rotatable bonds is 2. The number of likely N-dealkylation sites (tertiary alicyclic amines) is 2. The maximum Gasteiger partial charge on any atom is 0.0197 e. The van der Waals surface area contributed by atoms with Crippen molar-refractivity contribution in [3.63, 3.8) is 0 Å². The van der Waals surface area contributed by atoms with E-state index in [1.165, 1.54) is 45.3 Å². The molecular formula is C13H27N3. The molecule has 0 bridgehead atoms. The summed E-state index contributed by atoms with van der Waals surface area (Å²) in [5, 5.41) is 3.87. The van der Waals surface area contributed by atoms with Crippen LogP contribution in [0.5, 0.6) is 0 Å². The van der Waals surface area contributed by atoms with Gasteiger partial charge in [-0.05, 0) is 59.8 Å². The van der Waals surface area contributed by atoms with E-state index in [0.717, 1.165) is 18.1 Å². The van der Waals surface area contributed by atoms with Gasteiger partial charge in [-0.25, -0.2) is 0 Å². The number of hydrogen-bond donors (Lipinski definition) is 1. The Hall–Kier alpha value is -0.120. The zero-order valence-corrected chi connectivity index (χ0v) is 11.1. The van der Waals surface area contributed by atoms with Crippen LogP contribution in [0.25, 0.3) is 0 Å². The molecule has 3 unspecified atom stereocenters. The molecule has 0 aromatic heterocycles. The van der Waals surface area contributed by atoms with Crippen LogP contribution < -0.4 is 5.32 Å². The molecular weight excluding hydrogens is 198 g/mol. The average Bonchev–Trinajstić information content (AvgIpc) is 2.24. The lowest BCUT2D eigenvalue weighted by Gasteiger charge is -2.39. The number of piperidine rings is 2. The third kappa shape index (κ3) is 3.19. The predicted molar refractivity (Wildman–Crippen MR) is 68.8 cm³/mol. The van der Waals surface area contributed by atoms with E-state index >= 15 is 0 Å². The van der Waals surface area contributed by atoms with Gasteiger partial charge < -0.3 is 15.1 Å². The minimum atomic E-state index is 0.736. The Kier molecular flexibility index (Phi) is 4.22. The second-order valence-corrected chi connectivity index (χ2v) is 5.82. The van der Waals surface area contributed by atoms with Crippen molar-refractivity contribution in [2.75, 3.05) is 33.7 Å². The first-order valence-corrected chi connectivity index (χ1v) is 6.80. The van der Waals surface area contributed by atoms with Crippen LogP contribution in [0.4, 0.5) is 0 Å². The number of likely N-dealkylation sites (N-methyl/N-ethyl adjacent to an activating group) is 1. The number of nitrogens with one attached hydrogen (secondary N) is 1. The highest BCUT2D eigenvalue weighted by molar-refractivity contribution is 4.86. The molecule has 2 aliphatic rings. The summed E-state index contributed by atoms with van der Waals surface area (Å²) in [6, 6.07) is 2.23. The fourth-order valence-electron chi connectivity index (χ4n) is 3.08. The summed E-state index contributed by atoms with van der Waals surface area (Å²) in [5.41, 5.74) is 0. The summed E-state index contributed by atoms with van der Waals surface area (Å²) in [5.74, 6) is 0. The monoisotopic (exact) mass is 225 g/mol. The van der Waals surface area contributed by atoms with Crippen molar-refractivity contribution in [1.82, 2.24) is 15.1 Å². The van der Waals surface area contributed by atoms with Crippen molar-refractivity contribution >= 4 is 0 Å². The zero-order valence-electron chi connectivity index (χ0n) is 11.1. The topological polar surface area (TPSA) is 18.5 Å². The van der Waals surface area contributed by atoms with Crippen LogP contribution in [0.1, 0.15) is 32.6 Å². The van der Waals surface area contributed by atoms with Crippen LogP contribution in [-0.4, -0.2) is 61.7 Å². The van der Waals surface area contributed by atoms with Gasteiger partial charge in [-0.1, -0.05) is 0 Å². The minimum Gasteiger partial charge on any atom is -0.310 e. The molecule has 0 aliphatic carbocycles. The van der Waals surface area contributed by atoms with E-state index in [4.69, 9.17) is 0 Å². The first kappa shape index (κ1) is 12.3. The summed E-state index contributed by atoms with van der Waals surface area (Å²) in [7, 11) is 4.49. The van der Waals surface area contributed by atoms with Crippen LogP contribution in [0.3, 0.4) is 0 Å². The summed E-state index contributed by atoms with van der Waals surface area (Å²) in [6.45, 7) is 6.12. The molecule has 3 atom stereocenters. The third-order valence-electron chi connectivity index (χ3n) is 4.30. The lowest BCUT2D eigenvalue weighted by atomic mass is 9.96. The largest absolute Gasteiger partial charge is 0.310 e. The van der Waals surface area contributed by atoms with Crippen molar-refractivity contribution in [3.8, 4) is 0 Å². The molecule has 16 heavy (non-hydrogen) atoms. The van der Waals surface area contributed by atoms with Gasteiger partial charge in [-0.15, -0.1) is 0 Å². The Morgan fingerprint density at radius 3 is 2.56 bits per heavy atom. The highest BCUT2D eigenvalue weighted by Crippen LogP contribution is 2.17. The van der Waals surface area contributed by atoms with Gasteiger partial charge in [-0.3, -0.25) is 0 Å². The van der Waals surface area contributed by atoms with Crippen molar-refractivity contribution in [1.29, 1.82) is 0 Å². The van der Waals surface area contributed by atoms with E-state index in [-0.39, 0.29) is 0 Å². The van der Waals surface area contributed by atoms with E-state index in [9.17, 15) is 0 Å². The molecule has 3 heteroatoms. The Morgan fingerprint density at radius 2 is 1.88 bits per heavy atom. The zero-order chi connectivity index (χ0) is 11.5. The Morgan fingerprint density at radius 1 is 1.06 bits per heavy atom. The van der Waals surface area contributed by atoms with Crippen LogP contribution in [-0.2, 0) is 0 Å². The summed E-state index contributed by atoms with van der Waals surface area (Å²) < 4.78 is 0. The van der Waals surface area contributed by atoms with Gasteiger partial charge in [0.2, 0.25) is 0 Å². The average molecular weight is 225 g/mol. The first-order valence-electron chi connectivity index (χ1n) is 6.80. The fourth-order valence-corrected chi connectivity index (χ4v) is 3.08. The molecule has 2 saturated heterocycles. The molecule has 2 rings (SSSR count). The van der Waals surface area contributed by atoms with Crippen LogP contribution in [0, 0.1) is 0 Å². The van der Waals surface area contributed by atoms with E-state index < -0.39 is 0 Å². The number of hydrogen-bond acceptors (Lipinski definition) is 3. The normalized spacial score (nSPS) is 38.8. The molecule has 3 nitrogen and oxygen atoms in total. The van der Waals surface area contributed by atoms with Crippen LogP contribution >= 0.6 is 0 Å². The molecule has 2 aliphatic heterocycles. The third-order valence-corrected chi connectivity index (χ3v) is 4.30. The molecule has 0 aromatic carbocycles. The van der Waals surface area contributed by atoms with E-state index in [2.05, 4.69) is 36.1 Å². The first-order chi connectivity index (χ1) is 7.65. The lowest BCUT2D eigenvalue weighted by Crippen LogP contribution is -2.52. The maximum absolute atomic E-state index is 3.87. The molecule has 0 amide bonds. The molecule has 0 spiro atoms. The van der Waals surface area contributed by atoms with Gasteiger partial charge in [0.15, 0.2) is 0 Å². The second-order valence-electron chi connectivity index (χ2n) is 5.82. The van der Waals surface area contributed by atoms with E-state index in [1.807, 2.05) is 0 Å². The van der Waals surface area contributed by atoms with Gasteiger partial charge in [0.05, 0.1) is 0 Å². The summed E-state index contributed by atoms with van der Waals surface area (Å²) in [4.78, 5) is 4.94. The molecule has 0 saturated carbocycles. The molecule has 0 radical (unpaired) electrons. The minimum absolute atomic E-state index is 0.736. The molecule has 94 valence electrons. The van der Waals surface area contributed by atoms with Gasteiger partial charge in [-0.2, -0.15) is 0 Å². The second kappa shape index (κ2) is 5.48. The van der Waals surface area contributed by atoms with Gasteiger partial charge >= 0.3 is 0 Å². The van der Waals surface area contributed by atoms with Crippen LogP contribution in [0.15, 0.2) is 0 Å². The highest BCUT2D eigenvalue weighted by atomic mass is 15.2. The predicted octanol–water partition coefficient (Wildman–Crippen LogP) is 1.15. The Balaban J connectivity index is 1.76. The maximum atomic E-state index is 3.87. The Labute approximate surface area is 100 Å². The smallest absolute Gasteiger partial charge is 0.0197 e. The van der Waals surface area contributed by atoms with Crippen molar-refractivity contribution in [2.45, 2.75) is 50.7 Å². The van der Waals surface area contributed by atoms with Gasteiger partial charge in [0.1, 0.15) is 0 Å². The van der Waals surface area contributed by atoms with Crippen molar-refractivity contribution < 1.29 is 0 Å². The quantitative estimate of drug-likeness (QED) is 0.760. The molecule has 2 fully saturated rings. The molecule has 1 N–H and O–H groups in total. The standard InChI is InChI=1S/C13H27N3/c1-11-9-12(6-8-16(11)3)14-13-5-4-7-15(2)10-13/h11-14H,4-10H2,1-3H3.